The maximum atomic E-state index is 12.3. The highest BCUT2D eigenvalue weighted by Crippen LogP contribution is 2.19. The van der Waals surface area contributed by atoms with Crippen LogP contribution in [0.5, 0.6) is 0 Å². The molecule has 132 valence electrons. The summed E-state index contributed by atoms with van der Waals surface area (Å²) in [4.78, 5) is 30.4. The van der Waals surface area contributed by atoms with Crippen LogP contribution in [0, 0.1) is 12.8 Å². The van der Waals surface area contributed by atoms with Gasteiger partial charge in [-0.2, -0.15) is 0 Å². The molecule has 1 aromatic carbocycles. The molecule has 0 bridgehead atoms. The van der Waals surface area contributed by atoms with Gasteiger partial charge in [-0.05, 0) is 37.8 Å². The Balaban J connectivity index is 1.42. The van der Waals surface area contributed by atoms with Crippen LogP contribution < -0.4 is 5.32 Å². The van der Waals surface area contributed by atoms with Gasteiger partial charge in [0.1, 0.15) is 5.82 Å². The average molecular weight is 340 g/mol. The lowest BCUT2D eigenvalue weighted by Gasteiger charge is -2.32. The molecular formula is C19H24N4O2. The monoisotopic (exact) mass is 340 g/mol. The van der Waals surface area contributed by atoms with Gasteiger partial charge in [0.15, 0.2) is 0 Å². The van der Waals surface area contributed by atoms with E-state index in [4.69, 9.17) is 0 Å². The molecule has 0 spiro atoms. The number of piperidine rings is 1. The fourth-order valence-corrected chi connectivity index (χ4v) is 3.20. The largest absolute Gasteiger partial charge is 0.343 e. The summed E-state index contributed by atoms with van der Waals surface area (Å²) in [6, 6.07) is 8.96. The summed E-state index contributed by atoms with van der Waals surface area (Å²) >= 11 is 0. The minimum Gasteiger partial charge on any atom is -0.343 e. The van der Waals surface area contributed by atoms with Gasteiger partial charge in [0, 0.05) is 37.6 Å². The first-order valence-electron chi connectivity index (χ1n) is 8.72. The molecule has 1 aromatic heterocycles. The zero-order valence-corrected chi connectivity index (χ0v) is 14.5. The number of hydrogen-bond donors (Lipinski definition) is 1. The van der Waals surface area contributed by atoms with Crippen LogP contribution in [0.1, 0.15) is 29.0 Å². The maximum absolute atomic E-state index is 12.3. The van der Waals surface area contributed by atoms with Crippen molar-refractivity contribution in [2.75, 3.05) is 19.6 Å². The van der Waals surface area contributed by atoms with E-state index in [0.29, 0.717) is 11.5 Å². The van der Waals surface area contributed by atoms with Crippen molar-refractivity contribution in [3.63, 3.8) is 0 Å². The number of rotatable bonds is 5. The molecule has 1 aliphatic rings. The van der Waals surface area contributed by atoms with Crippen molar-refractivity contribution in [2.24, 2.45) is 5.92 Å². The van der Waals surface area contributed by atoms with Crippen LogP contribution in [0.3, 0.4) is 0 Å². The van der Waals surface area contributed by atoms with Crippen LogP contribution in [0.25, 0.3) is 0 Å². The van der Waals surface area contributed by atoms with Gasteiger partial charge in [0.2, 0.25) is 5.91 Å². The Labute approximate surface area is 147 Å². The standard InChI is InChI=1S/C19H24N4O2/c1-15-20-9-12-23(15)14-16-7-10-22(11-8-16)18(24)13-21-19(25)17-5-3-2-4-6-17/h2-6,9,12,16H,7-8,10-11,13-14H2,1H3,(H,21,25). The van der Waals surface area contributed by atoms with Crippen molar-refractivity contribution in [1.82, 2.24) is 19.8 Å². The van der Waals surface area contributed by atoms with Crippen LogP contribution in [0.15, 0.2) is 42.7 Å². The van der Waals surface area contributed by atoms with E-state index in [2.05, 4.69) is 14.9 Å². The number of imidazole rings is 1. The van der Waals surface area contributed by atoms with E-state index in [-0.39, 0.29) is 18.4 Å². The Hall–Kier alpha value is -2.63. The second-order valence-corrected chi connectivity index (χ2v) is 6.50. The van der Waals surface area contributed by atoms with Crippen molar-refractivity contribution >= 4 is 11.8 Å². The molecule has 1 N–H and O–H groups in total. The van der Waals surface area contributed by atoms with Crippen LogP contribution in [0.4, 0.5) is 0 Å². The topological polar surface area (TPSA) is 67.2 Å². The molecule has 1 saturated heterocycles. The Morgan fingerprint density at radius 1 is 1.20 bits per heavy atom. The third kappa shape index (κ3) is 4.47. The number of carbonyl (C=O) groups excluding carboxylic acids is 2. The predicted octanol–water partition coefficient (Wildman–Crippen LogP) is 1.86. The number of aromatic nitrogens is 2. The van der Waals surface area contributed by atoms with E-state index < -0.39 is 0 Å². The molecule has 1 aliphatic heterocycles. The summed E-state index contributed by atoms with van der Waals surface area (Å²) in [5, 5.41) is 2.71. The van der Waals surface area contributed by atoms with E-state index in [1.165, 1.54) is 0 Å². The van der Waals surface area contributed by atoms with Gasteiger partial charge in [-0.3, -0.25) is 9.59 Å². The molecule has 0 unspecified atom stereocenters. The fraction of sp³-hybridized carbons (Fsp3) is 0.421. The van der Waals surface area contributed by atoms with E-state index in [0.717, 1.165) is 38.3 Å². The van der Waals surface area contributed by atoms with Gasteiger partial charge in [0.25, 0.3) is 5.91 Å². The number of nitrogens with zero attached hydrogens (tertiary/aromatic N) is 3. The number of benzene rings is 1. The van der Waals surface area contributed by atoms with Gasteiger partial charge in [-0.15, -0.1) is 0 Å². The van der Waals surface area contributed by atoms with E-state index in [1.807, 2.05) is 42.4 Å². The highest BCUT2D eigenvalue weighted by atomic mass is 16.2. The lowest BCUT2D eigenvalue weighted by Crippen LogP contribution is -2.44. The first kappa shape index (κ1) is 17.2. The zero-order valence-electron chi connectivity index (χ0n) is 14.5. The van der Waals surface area contributed by atoms with E-state index >= 15 is 0 Å². The minimum atomic E-state index is -0.209. The first-order chi connectivity index (χ1) is 12.1. The van der Waals surface area contributed by atoms with Crippen LogP contribution in [-0.4, -0.2) is 45.9 Å². The predicted molar refractivity (Wildman–Crippen MR) is 95.0 cm³/mol. The highest BCUT2D eigenvalue weighted by Gasteiger charge is 2.23. The molecular weight excluding hydrogens is 316 g/mol. The van der Waals surface area contributed by atoms with E-state index in [1.54, 1.807) is 12.1 Å². The van der Waals surface area contributed by atoms with E-state index in [9.17, 15) is 9.59 Å². The number of hydrogen-bond acceptors (Lipinski definition) is 3. The SMILES string of the molecule is Cc1nccn1CC1CCN(C(=O)CNC(=O)c2ccccc2)CC1. The van der Waals surface area contributed by atoms with Gasteiger partial charge in [0.05, 0.1) is 6.54 Å². The van der Waals surface area contributed by atoms with Gasteiger partial charge >= 0.3 is 0 Å². The lowest BCUT2D eigenvalue weighted by atomic mass is 9.96. The number of aryl methyl sites for hydroxylation is 1. The second-order valence-electron chi connectivity index (χ2n) is 6.50. The van der Waals surface area contributed by atoms with Gasteiger partial charge in [-0.25, -0.2) is 4.98 Å². The van der Waals surface area contributed by atoms with Gasteiger partial charge in [-0.1, -0.05) is 18.2 Å². The minimum absolute atomic E-state index is 0.0125. The zero-order chi connectivity index (χ0) is 17.6. The Morgan fingerprint density at radius 2 is 1.92 bits per heavy atom. The number of amides is 2. The average Bonchev–Trinajstić information content (AvgIpc) is 3.05. The van der Waals surface area contributed by atoms with Crippen LogP contribution in [0.2, 0.25) is 0 Å². The first-order valence-corrected chi connectivity index (χ1v) is 8.72. The maximum Gasteiger partial charge on any atom is 0.251 e. The molecule has 2 heterocycles. The molecule has 6 nitrogen and oxygen atoms in total. The van der Waals surface area contributed by atoms with Crippen molar-refractivity contribution < 1.29 is 9.59 Å². The number of carbonyl (C=O) groups is 2. The van der Waals surface area contributed by atoms with Crippen LogP contribution in [-0.2, 0) is 11.3 Å². The van der Waals surface area contributed by atoms with Crippen molar-refractivity contribution in [3.05, 3.63) is 54.1 Å². The summed E-state index contributed by atoms with van der Waals surface area (Å²) in [6.45, 7) is 4.52. The lowest BCUT2D eigenvalue weighted by molar-refractivity contribution is -0.131. The summed E-state index contributed by atoms with van der Waals surface area (Å²) in [5.41, 5.74) is 0.574. The Morgan fingerprint density at radius 3 is 2.56 bits per heavy atom. The fourth-order valence-electron chi connectivity index (χ4n) is 3.20. The molecule has 0 radical (unpaired) electrons. The molecule has 0 atom stereocenters. The van der Waals surface area contributed by atoms with Crippen molar-refractivity contribution in [3.8, 4) is 0 Å². The molecule has 0 aliphatic carbocycles. The van der Waals surface area contributed by atoms with Crippen molar-refractivity contribution in [2.45, 2.75) is 26.3 Å². The summed E-state index contributed by atoms with van der Waals surface area (Å²) in [6.07, 6.45) is 5.79. The molecule has 3 rings (SSSR count). The number of nitrogens with one attached hydrogen (secondary N) is 1. The molecule has 1 fully saturated rings. The highest BCUT2D eigenvalue weighted by molar-refractivity contribution is 5.96. The third-order valence-corrected chi connectivity index (χ3v) is 4.78. The molecule has 25 heavy (non-hydrogen) atoms. The second kappa shape index (κ2) is 7.96. The normalized spacial score (nSPS) is 15.2. The summed E-state index contributed by atoms with van der Waals surface area (Å²) in [5.74, 6) is 1.37. The molecule has 2 aromatic rings. The van der Waals surface area contributed by atoms with Crippen LogP contribution >= 0.6 is 0 Å². The molecule has 6 heteroatoms. The Kier molecular flexibility index (Phi) is 5.48. The summed E-state index contributed by atoms with van der Waals surface area (Å²) < 4.78 is 2.17. The molecule has 2 amide bonds. The number of likely N-dealkylation sites (tertiary alicyclic amines) is 1. The molecule has 0 saturated carbocycles. The smallest absolute Gasteiger partial charge is 0.251 e. The Bertz CT molecular complexity index is 718. The quantitative estimate of drug-likeness (QED) is 0.903. The van der Waals surface area contributed by atoms with Crippen molar-refractivity contribution in [1.29, 1.82) is 0 Å². The van der Waals surface area contributed by atoms with Gasteiger partial charge < -0.3 is 14.8 Å². The summed E-state index contributed by atoms with van der Waals surface area (Å²) in [7, 11) is 0. The third-order valence-electron chi connectivity index (χ3n) is 4.78.